The zero-order chi connectivity index (χ0) is 14.5. The van der Waals surface area contributed by atoms with Crippen molar-refractivity contribution >= 4 is 0 Å². The molecule has 1 N–H and O–H groups in total. The van der Waals surface area contributed by atoms with E-state index in [4.69, 9.17) is 14.2 Å². The number of nitrogens with one attached hydrogen (secondary N) is 1. The molecule has 0 aliphatic carbocycles. The summed E-state index contributed by atoms with van der Waals surface area (Å²) in [6.45, 7) is 5.13. The normalized spacial score (nSPS) is 23.6. The van der Waals surface area contributed by atoms with Crippen LogP contribution < -0.4 is 14.8 Å². The van der Waals surface area contributed by atoms with E-state index in [0.717, 1.165) is 36.4 Å². The Morgan fingerprint density at radius 3 is 2.70 bits per heavy atom. The molecule has 0 spiro atoms. The monoisotopic (exact) mass is 279 g/mol. The summed E-state index contributed by atoms with van der Waals surface area (Å²) < 4.78 is 16.5. The topological polar surface area (TPSA) is 39.7 Å². The molecule has 0 radical (unpaired) electrons. The molecule has 1 aliphatic rings. The van der Waals surface area contributed by atoms with Crippen LogP contribution in [-0.2, 0) is 4.74 Å². The van der Waals surface area contributed by atoms with Gasteiger partial charge in [0.15, 0.2) is 0 Å². The van der Waals surface area contributed by atoms with Crippen molar-refractivity contribution in [3.8, 4) is 11.5 Å². The van der Waals surface area contributed by atoms with Crippen molar-refractivity contribution < 1.29 is 14.2 Å². The van der Waals surface area contributed by atoms with Crippen LogP contribution in [0.5, 0.6) is 11.5 Å². The van der Waals surface area contributed by atoms with Crippen molar-refractivity contribution in [2.24, 2.45) is 0 Å². The maximum Gasteiger partial charge on any atom is 0.123 e. The van der Waals surface area contributed by atoms with Crippen molar-refractivity contribution in [2.45, 2.75) is 44.9 Å². The third-order valence-electron chi connectivity index (χ3n) is 3.88. The molecule has 0 unspecified atom stereocenters. The van der Waals surface area contributed by atoms with Crippen LogP contribution in [0.3, 0.4) is 0 Å². The lowest BCUT2D eigenvalue weighted by atomic mass is 10.1. The highest BCUT2D eigenvalue weighted by Crippen LogP contribution is 2.29. The second-order valence-corrected chi connectivity index (χ2v) is 5.38. The van der Waals surface area contributed by atoms with Gasteiger partial charge in [-0.05, 0) is 44.9 Å². The summed E-state index contributed by atoms with van der Waals surface area (Å²) in [5, 5.41) is 3.53. The molecule has 0 aromatic heterocycles. The van der Waals surface area contributed by atoms with Crippen LogP contribution in [0.15, 0.2) is 18.2 Å². The number of hydrogen-bond donors (Lipinski definition) is 1. The van der Waals surface area contributed by atoms with E-state index in [9.17, 15) is 0 Å². The quantitative estimate of drug-likeness (QED) is 0.869. The third-order valence-corrected chi connectivity index (χ3v) is 3.88. The van der Waals surface area contributed by atoms with Gasteiger partial charge in [-0.15, -0.1) is 0 Å². The van der Waals surface area contributed by atoms with Gasteiger partial charge in [0.25, 0.3) is 0 Å². The Kier molecular flexibility index (Phi) is 5.26. The Balaban J connectivity index is 1.98. The first-order chi connectivity index (χ1) is 9.63. The minimum absolute atomic E-state index is 0.194. The SMILES string of the molecule is COc1ccc(OC)c([C@H](C)NC[C@@H]2CC[C@@H](C)O2)c1. The van der Waals surface area contributed by atoms with Gasteiger partial charge in [0.1, 0.15) is 11.5 Å². The lowest BCUT2D eigenvalue weighted by molar-refractivity contribution is 0.0546. The van der Waals surface area contributed by atoms with Crippen molar-refractivity contribution in [3.63, 3.8) is 0 Å². The molecule has 3 atom stereocenters. The van der Waals surface area contributed by atoms with Crippen molar-refractivity contribution in [1.29, 1.82) is 0 Å². The van der Waals surface area contributed by atoms with Crippen LogP contribution in [0, 0.1) is 0 Å². The predicted molar refractivity (Wildman–Crippen MR) is 79.5 cm³/mol. The predicted octanol–water partition coefficient (Wildman–Crippen LogP) is 2.92. The molecule has 0 saturated carbocycles. The fourth-order valence-electron chi connectivity index (χ4n) is 2.63. The van der Waals surface area contributed by atoms with Gasteiger partial charge < -0.3 is 19.5 Å². The van der Waals surface area contributed by atoms with Gasteiger partial charge in [0.2, 0.25) is 0 Å². The minimum atomic E-state index is 0.194. The second kappa shape index (κ2) is 6.95. The molecule has 0 bridgehead atoms. The van der Waals surface area contributed by atoms with Gasteiger partial charge in [-0.3, -0.25) is 0 Å². The molecule has 1 aromatic carbocycles. The first kappa shape index (κ1) is 15.1. The highest BCUT2D eigenvalue weighted by molar-refractivity contribution is 5.42. The second-order valence-electron chi connectivity index (χ2n) is 5.38. The Labute approximate surface area is 121 Å². The molecule has 1 saturated heterocycles. The average Bonchev–Trinajstić information content (AvgIpc) is 2.89. The maximum atomic E-state index is 5.83. The molecule has 4 nitrogen and oxygen atoms in total. The van der Waals surface area contributed by atoms with E-state index in [1.165, 1.54) is 0 Å². The smallest absolute Gasteiger partial charge is 0.123 e. The first-order valence-corrected chi connectivity index (χ1v) is 7.24. The number of methoxy groups -OCH3 is 2. The van der Waals surface area contributed by atoms with Crippen LogP contribution in [0.2, 0.25) is 0 Å². The van der Waals surface area contributed by atoms with E-state index in [-0.39, 0.29) is 6.04 Å². The standard InChI is InChI=1S/C16H25NO3/c1-11-5-6-14(20-11)10-17-12(2)15-9-13(18-3)7-8-16(15)19-4/h7-9,11-12,14,17H,5-6,10H2,1-4H3/t11-,12+,14+/m1/s1. The number of ether oxygens (including phenoxy) is 3. The molecule has 1 heterocycles. The Bertz CT molecular complexity index is 436. The summed E-state index contributed by atoms with van der Waals surface area (Å²) in [5.74, 6) is 1.73. The first-order valence-electron chi connectivity index (χ1n) is 7.24. The number of benzene rings is 1. The van der Waals surface area contributed by atoms with Crippen LogP contribution in [0.25, 0.3) is 0 Å². The molecule has 1 aliphatic heterocycles. The third kappa shape index (κ3) is 3.64. The van der Waals surface area contributed by atoms with Gasteiger partial charge in [0, 0.05) is 18.2 Å². The molecule has 1 fully saturated rings. The van der Waals surface area contributed by atoms with Crippen LogP contribution in [0.1, 0.15) is 38.3 Å². The van der Waals surface area contributed by atoms with Gasteiger partial charge in [0.05, 0.1) is 26.4 Å². The largest absolute Gasteiger partial charge is 0.497 e. The van der Waals surface area contributed by atoms with Crippen LogP contribution in [0.4, 0.5) is 0 Å². The Hall–Kier alpha value is -1.26. The highest BCUT2D eigenvalue weighted by Gasteiger charge is 2.22. The van der Waals surface area contributed by atoms with Gasteiger partial charge in [-0.1, -0.05) is 0 Å². The number of hydrogen-bond acceptors (Lipinski definition) is 4. The maximum absolute atomic E-state index is 5.83. The van der Waals surface area contributed by atoms with E-state index in [1.54, 1.807) is 14.2 Å². The number of rotatable bonds is 6. The zero-order valence-corrected chi connectivity index (χ0v) is 12.8. The van der Waals surface area contributed by atoms with Crippen molar-refractivity contribution in [2.75, 3.05) is 20.8 Å². The van der Waals surface area contributed by atoms with Gasteiger partial charge >= 0.3 is 0 Å². The Morgan fingerprint density at radius 1 is 1.30 bits per heavy atom. The molecular formula is C16H25NO3. The average molecular weight is 279 g/mol. The summed E-state index contributed by atoms with van der Waals surface area (Å²) in [6, 6.07) is 6.07. The van der Waals surface area contributed by atoms with E-state index in [0.29, 0.717) is 12.2 Å². The van der Waals surface area contributed by atoms with Crippen molar-refractivity contribution in [3.05, 3.63) is 23.8 Å². The minimum Gasteiger partial charge on any atom is -0.497 e. The summed E-state index contributed by atoms with van der Waals surface area (Å²) in [5.41, 5.74) is 1.11. The summed E-state index contributed by atoms with van der Waals surface area (Å²) in [4.78, 5) is 0. The van der Waals surface area contributed by atoms with E-state index >= 15 is 0 Å². The molecular weight excluding hydrogens is 254 g/mol. The lowest BCUT2D eigenvalue weighted by Crippen LogP contribution is -2.29. The summed E-state index contributed by atoms with van der Waals surface area (Å²) >= 11 is 0. The molecule has 2 rings (SSSR count). The zero-order valence-electron chi connectivity index (χ0n) is 12.8. The fraction of sp³-hybridized carbons (Fsp3) is 0.625. The Morgan fingerprint density at radius 2 is 2.10 bits per heavy atom. The molecule has 4 heteroatoms. The molecule has 20 heavy (non-hydrogen) atoms. The van der Waals surface area contributed by atoms with Gasteiger partial charge in [-0.25, -0.2) is 0 Å². The van der Waals surface area contributed by atoms with E-state index in [2.05, 4.69) is 19.2 Å². The molecule has 0 amide bonds. The lowest BCUT2D eigenvalue weighted by Gasteiger charge is -2.20. The van der Waals surface area contributed by atoms with Crippen molar-refractivity contribution in [1.82, 2.24) is 5.32 Å². The van der Waals surface area contributed by atoms with Crippen LogP contribution >= 0.6 is 0 Å². The van der Waals surface area contributed by atoms with Crippen LogP contribution in [-0.4, -0.2) is 33.0 Å². The van der Waals surface area contributed by atoms with Gasteiger partial charge in [-0.2, -0.15) is 0 Å². The molecule has 112 valence electrons. The molecule has 1 aromatic rings. The fourth-order valence-corrected chi connectivity index (χ4v) is 2.63. The summed E-state index contributed by atoms with van der Waals surface area (Å²) in [6.07, 6.45) is 3.01. The highest BCUT2D eigenvalue weighted by atomic mass is 16.5. The van der Waals surface area contributed by atoms with E-state index < -0.39 is 0 Å². The van der Waals surface area contributed by atoms with E-state index in [1.807, 2.05) is 18.2 Å². The summed E-state index contributed by atoms with van der Waals surface area (Å²) in [7, 11) is 3.37.